The number of pyridine rings is 2. The van der Waals surface area contributed by atoms with Crippen molar-refractivity contribution in [3.05, 3.63) is 76.1 Å². The van der Waals surface area contributed by atoms with Gasteiger partial charge in [-0.15, -0.1) is 0 Å². The number of amides is 1. The third kappa shape index (κ3) is 5.04. The van der Waals surface area contributed by atoms with Crippen LogP contribution in [0, 0.1) is 0 Å². The molecule has 0 spiro atoms. The molecule has 1 aliphatic heterocycles. The first-order valence-electron chi connectivity index (χ1n) is 11.4. The Hall–Kier alpha value is -4.40. The van der Waals surface area contributed by atoms with Crippen molar-refractivity contribution in [3.63, 3.8) is 0 Å². The van der Waals surface area contributed by atoms with E-state index < -0.39 is 46.3 Å². The Bertz CT molecular complexity index is 1600. The number of hydrogen-bond donors (Lipinski definition) is 2. The van der Waals surface area contributed by atoms with Gasteiger partial charge in [-0.25, -0.2) is 9.67 Å². The summed E-state index contributed by atoms with van der Waals surface area (Å²) in [5.41, 5.74) is -4.68. The molecule has 2 N–H and O–H groups in total. The number of fused-ring (bicyclic) bond motifs is 1. The number of rotatable bonds is 4. The van der Waals surface area contributed by atoms with Crippen LogP contribution in [0.2, 0.25) is 0 Å². The van der Waals surface area contributed by atoms with Crippen molar-refractivity contribution in [1.82, 2.24) is 19.7 Å². The van der Waals surface area contributed by atoms with Crippen LogP contribution in [0.15, 0.2) is 53.7 Å². The molecule has 204 valence electrons. The smallest absolute Gasteiger partial charge is 0.378 e. The molecule has 1 aliphatic rings. The van der Waals surface area contributed by atoms with Crippen LogP contribution in [-0.4, -0.2) is 52.0 Å². The number of aromatic amines is 1. The topological polar surface area (TPSA) is 105 Å². The number of alkyl halides is 6. The van der Waals surface area contributed by atoms with Crippen LogP contribution in [-0.2, 0) is 17.1 Å². The summed E-state index contributed by atoms with van der Waals surface area (Å²) in [7, 11) is 0. The van der Waals surface area contributed by atoms with E-state index in [-0.39, 0.29) is 48.6 Å². The minimum Gasteiger partial charge on any atom is -0.378 e. The number of aromatic nitrogens is 4. The quantitative estimate of drug-likeness (QED) is 0.367. The lowest BCUT2D eigenvalue weighted by Crippen LogP contribution is -2.38. The number of halogens is 6. The molecule has 3 aromatic heterocycles. The average molecular weight is 552 g/mol. The molecule has 1 saturated heterocycles. The monoisotopic (exact) mass is 552 g/mol. The molecule has 0 radical (unpaired) electrons. The zero-order chi connectivity index (χ0) is 27.9. The van der Waals surface area contributed by atoms with Gasteiger partial charge in [0.15, 0.2) is 5.69 Å². The summed E-state index contributed by atoms with van der Waals surface area (Å²) in [6, 6.07) is 6.05. The molecule has 4 heterocycles. The maximum absolute atomic E-state index is 14.2. The molecule has 0 atom stereocenters. The Morgan fingerprint density at radius 2 is 1.74 bits per heavy atom. The number of hydrogen-bond acceptors (Lipinski definition) is 6. The highest BCUT2D eigenvalue weighted by Crippen LogP contribution is 2.38. The van der Waals surface area contributed by atoms with Crippen molar-refractivity contribution >= 4 is 28.2 Å². The number of nitrogens with zero attached hydrogens (tertiary/aromatic N) is 4. The Kier molecular flexibility index (Phi) is 6.54. The van der Waals surface area contributed by atoms with Crippen LogP contribution >= 0.6 is 0 Å². The Balaban J connectivity index is 1.54. The SMILES string of the molecule is O=C(Nc1cnc(N2CCOCC2)c(C(F)(F)F)c1)c1cnn(-c2cccc3c(=O)[nH]ccc23)c1C(F)(F)F. The Morgan fingerprint density at radius 1 is 1.00 bits per heavy atom. The maximum atomic E-state index is 14.2. The van der Waals surface area contributed by atoms with Crippen molar-refractivity contribution in [2.75, 3.05) is 36.5 Å². The maximum Gasteiger partial charge on any atom is 0.434 e. The average Bonchev–Trinajstić information content (AvgIpc) is 3.35. The van der Waals surface area contributed by atoms with E-state index in [0.29, 0.717) is 16.9 Å². The zero-order valence-electron chi connectivity index (χ0n) is 19.7. The van der Waals surface area contributed by atoms with Gasteiger partial charge in [0.25, 0.3) is 11.5 Å². The number of carbonyl (C=O) groups is 1. The lowest BCUT2D eigenvalue weighted by atomic mass is 10.1. The second-order valence-electron chi connectivity index (χ2n) is 8.51. The zero-order valence-corrected chi connectivity index (χ0v) is 19.7. The van der Waals surface area contributed by atoms with E-state index >= 15 is 0 Å². The summed E-state index contributed by atoms with van der Waals surface area (Å²) in [6.45, 7) is 0.728. The fourth-order valence-electron chi connectivity index (χ4n) is 4.32. The molecule has 0 saturated carbocycles. The summed E-state index contributed by atoms with van der Waals surface area (Å²) in [5, 5.41) is 6.04. The van der Waals surface area contributed by atoms with Crippen molar-refractivity contribution in [2.24, 2.45) is 0 Å². The van der Waals surface area contributed by atoms with Gasteiger partial charge >= 0.3 is 12.4 Å². The largest absolute Gasteiger partial charge is 0.434 e. The van der Waals surface area contributed by atoms with Crippen LogP contribution in [0.4, 0.5) is 37.8 Å². The third-order valence-corrected chi connectivity index (χ3v) is 6.04. The highest BCUT2D eigenvalue weighted by Gasteiger charge is 2.41. The minimum atomic E-state index is -5.10. The standard InChI is InChI=1S/C24H18F6N6O3/c25-23(26,27)17-10-13(11-32-20(17)35-6-8-39-9-7-35)34-22(38)16-12-33-36(19(16)24(28,29)30)18-3-1-2-15-14(18)4-5-31-21(15)37/h1-5,10-12H,6-9H2,(H,31,37)(H,34,38). The first-order chi connectivity index (χ1) is 18.4. The predicted molar refractivity (Wildman–Crippen MR) is 127 cm³/mol. The Labute approximate surface area is 215 Å². The van der Waals surface area contributed by atoms with Crippen molar-refractivity contribution in [3.8, 4) is 5.69 Å². The summed E-state index contributed by atoms with van der Waals surface area (Å²) < 4.78 is 89.7. The summed E-state index contributed by atoms with van der Waals surface area (Å²) in [4.78, 5) is 32.7. The van der Waals surface area contributed by atoms with Gasteiger partial charge in [0.05, 0.1) is 42.5 Å². The van der Waals surface area contributed by atoms with Crippen LogP contribution in [0.3, 0.4) is 0 Å². The second kappa shape index (κ2) is 9.72. The van der Waals surface area contributed by atoms with Crippen LogP contribution in [0.5, 0.6) is 0 Å². The van der Waals surface area contributed by atoms with Gasteiger partial charge in [0.1, 0.15) is 11.4 Å². The van der Waals surface area contributed by atoms with E-state index in [1.54, 1.807) is 0 Å². The number of ether oxygens (including phenoxy) is 1. The van der Waals surface area contributed by atoms with Crippen molar-refractivity contribution in [2.45, 2.75) is 12.4 Å². The number of morpholine rings is 1. The molecular weight excluding hydrogens is 534 g/mol. The van der Waals surface area contributed by atoms with Gasteiger partial charge in [0, 0.05) is 30.1 Å². The molecule has 1 aromatic carbocycles. The fraction of sp³-hybridized carbons (Fsp3) is 0.250. The minimum absolute atomic E-state index is 0.0933. The molecule has 4 aromatic rings. The van der Waals surface area contributed by atoms with E-state index in [1.165, 1.54) is 35.4 Å². The molecule has 1 fully saturated rings. The van der Waals surface area contributed by atoms with E-state index in [1.807, 2.05) is 0 Å². The molecule has 0 bridgehead atoms. The molecule has 39 heavy (non-hydrogen) atoms. The summed E-state index contributed by atoms with van der Waals surface area (Å²) in [5.74, 6) is -1.72. The summed E-state index contributed by atoms with van der Waals surface area (Å²) in [6.07, 6.45) is -7.10. The van der Waals surface area contributed by atoms with Gasteiger partial charge in [-0.2, -0.15) is 31.4 Å². The highest BCUT2D eigenvalue weighted by atomic mass is 19.4. The van der Waals surface area contributed by atoms with Gasteiger partial charge in [-0.1, -0.05) is 6.07 Å². The molecule has 9 nitrogen and oxygen atoms in total. The first kappa shape index (κ1) is 26.2. The van der Waals surface area contributed by atoms with Gasteiger partial charge in [0.2, 0.25) is 0 Å². The highest BCUT2D eigenvalue weighted by molar-refractivity contribution is 6.05. The van der Waals surface area contributed by atoms with Gasteiger partial charge < -0.3 is 19.9 Å². The van der Waals surface area contributed by atoms with E-state index in [2.05, 4.69) is 20.4 Å². The second-order valence-corrected chi connectivity index (χ2v) is 8.51. The van der Waals surface area contributed by atoms with Crippen molar-refractivity contribution < 1.29 is 35.9 Å². The lowest BCUT2D eigenvalue weighted by Gasteiger charge is -2.30. The number of carbonyl (C=O) groups excluding carboxylic acids is 1. The third-order valence-electron chi connectivity index (χ3n) is 6.04. The van der Waals surface area contributed by atoms with Gasteiger partial charge in [-0.3, -0.25) is 9.59 Å². The fourth-order valence-corrected chi connectivity index (χ4v) is 4.32. The lowest BCUT2D eigenvalue weighted by molar-refractivity contribution is -0.143. The van der Waals surface area contributed by atoms with Crippen LogP contribution in [0.1, 0.15) is 21.6 Å². The Morgan fingerprint density at radius 3 is 2.44 bits per heavy atom. The number of nitrogens with one attached hydrogen (secondary N) is 2. The number of benzene rings is 1. The molecule has 0 aliphatic carbocycles. The van der Waals surface area contributed by atoms with E-state index in [0.717, 1.165) is 6.20 Å². The molecular formula is C24H18F6N6O3. The van der Waals surface area contributed by atoms with Crippen LogP contribution in [0.25, 0.3) is 16.5 Å². The van der Waals surface area contributed by atoms with Crippen LogP contribution < -0.4 is 15.8 Å². The normalized spacial score (nSPS) is 14.6. The number of H-pyrrole nitrogens is 1. The first-order valence-corrected chi connectivity index (χ1v) is 11.4. The molecule has 0 unspecified atom stereocenters. The molecule has 15 heteroatoms. The van der Waals surface area contributed by atoms with E-state index in [4.69, 9.17) is 4.74 Å². The van der Waals surface area contributed by atoms with Gasteiger partial charge in [-0.05, 0) is 24.3 Å². The number of anilines is 2. The predicted octanol–water partition coefficient (Wildman–Crippen LogP) is 4.24. The summed E-state index contributed by atoms with van der Waals surface area (Å²) >= 11 is 0. The van der Waals surface area contributed by atoms with E-state index in [9.17, 15) is 35.9 Å². The molecule has 1 amide bonds. The van der Waals surface area contributed by atoms with Crippen molar-refractivity contribution in [1.29, 1.82) is 0 Å². The molecule has 5 rings (SSSR count).